The summed E-state index contributed by atoms with van der Waals surface area (Å²) in [4.78, 5) is 33.0. The first kappa shape index (κ1) is 25.7. The number of carbonyl (C=O) groups excluding carboxylic acids is 1. The molecule has 0 saturated carbocycles. The van der Waals surface area contributed by atoms with Crippen molar-refractivity contribution in [3.05, 3.63) is 69.0 Å². The van der Waals surface area contributed by atoms with Crippen LogP contribution in [0.5, 0.6) is 11.5 Å². The zero-order valence-corrected chi connectivity index (χ0v) is 21.8. The molecule has 0 bridgehead atoms. The predicted molar refractivity (Wildman–Crippen MR) is 145 cm³/mol. The topological polar surface area (TPSA) is 94.4 Å². The van der Waals surface area contributed by atoms with E-state index in [2.05, 4.69) is 10.3 Å². The first-order chi connectivity index (χ1) is 17.5. The number of thioether (sulfide) groups is 1. The van der Waals surface area contributed by atoms with Crippen molar-refractivity contribution in [1.82, 2.24) is 14.3 Å². The van der Waals surface area contributed by atoms with Gasteiger partial charge >= 0.3 is 0 Å². The Balaban J connectivity index is 1.60. The average Bonchev–Trinajstić information content (AvgIpc) is 3.16. The molecule has 0 unspecified atom stereocenters. The van der Waals surface area contributed by atoms with Crippen LogP contribution in [0.4, 0.5) is 5.82 Å². The second-order valence-corrected chi connectivity index (χ2v) is 9.48. The lowest BCUT2D eigenvalue weighted by molar-refractivity contribution is -0.122. The van der Waals surface area contributed by atoms with E-state index in [-0.39, 0.29) is 17.0 Å². The van der Waals surface area contributed by atoms with Crippen LogP contribution in [0.1, 0.15) is 11.1 Å². The van der Waals surface area contributed by atoms with Crippen molar-refractivity contribution in [3.63, 3.8) is 0 Å². The molecule has 9 nitrogen and oxygen atoms in total. The fourth-order valence-electron chi connectivity index (χ4n) is 3.74. The molecule has 11 heteroatoms. The average molecular weight is 527 g/mol. The number of thiocarbonyl (C=S) groups is 1. The van der Waals surface area contributed by atoms with Crippen molar-refractivity contribution < 1.29 is 19.0 Å². The van der Waals surface area contributed by atoms with Crippen LogP contribution >= 0.6 is 24.0 Å². The Kier molecular flexibility index (Phi) is 8.24. The summed E-state index contributed by atoms with van der Waals surface area (Å²) in [6.45, 7) is 1.29. The van der Waals surface area contributed by atoms with Crippen molar-refractivity contribution in [2.24, 2.45) is 0 Å². The molecule has 1 N–H and O–H groups in total. The van der Waals surface area contributed by atoms with Gasteiger partial charge in [0, 0.05) is 26.4 Å². The molecule has 0 spiro atoms. The Morgan fingerprint density at radius 3 is 2.67 bits per heavy atom. The van der Waals surface area contributed by atoms with Gasteiger partial charge in [-0.3, -0.25) is 18.9 Å². The highest BCUT2D eigenvalue weighted by Gasteiger charge is 2.32. The molecule has 3 heterocycles. The molecule has 3 aromatic rings. The molecule has 1 aliphatic heterocycles. The van der Waals surface area contributed by atoms with E-state index in [1.807, 2.05) is 24.3 Å². The van der Waals surface area contributed by atoms with Crippen LogP contribution in [0.15, 0.2) is 52.3 Å². The number of pyridine rings is 1. The summed E-state index contributed by atoms with van der Waals surface area (Å²) in [5.41, 5.74) is 1.49. The lowest BCUT2D eigenvalue weighted by Gasteiger charge is -2.15. The van der Waals surface area contributed by atoms with Gasteiger partial charge in [-0.1, -0.05) is 36.1 Å². The molecule has 4 rings (SSSR count). The molecule has 1 aromatic carbocycles. The molecule has 36 heavy (non-hydrogen) atoms. The fraction of sp³-hybridized carbons (Fsp3) is 0.280. The van der Waals surface area contributed by atoms with Crippen LogP contribution in [0.25, 0.3) is 11.7 Å². The van der Waals surface area contributed by atoms with E-state index in [1.165, 1.54) is 16.2 Å². The van der Waals surface area contributed by atoms with Gasteiger partial charge in [-0.15, -0.1) is 0 Å². The standard InChI is InChI=1S/C25H26N4O5S2/c1-32-13-10-26-22-17(23(30)28-11-5-4-6-21(28)27-22)15-20-24(31)29(25(35)36-20)12-9-16-7-8-18(33-2)19(14-16)34-3/h4-8,11,14-15,26H,9-10,12-13H2,1-3H3/b20-15+. The Labute approximate surface area is 218 Å². The van der Waals surface area contributed by atoms with Gasteiger partial charge in [0.05, 0.1) is 31.3 Å². The quantitative estimate of drug-likeness (QED) is 0.243. The molecule has 0 radical (unpaired) electrons. The maximum Gasteiger partial charge on any atom is 0.267 e. The molecular formula is C25H26N4O5S2. The Morgan fingerprint density at radius 2 is 1.92 bits per heavy atom. The maximum atomic E-state index is 13.3. The van der Waals surface area contributed by atoms with E-state index in [0.29, 0.717) is 58.3 Å². The van der Waals surface area contributed by atoms with Crippen molar-refractivity contribution in [3.8, 4) is 11.5 Å². The second-order valence-electron chi connectivity index (χ2n) is 7.80. The number of methoxy groups -OCH3 is 3. The number of fused-ring (bicyclic) bond motifs is 1. The number of hydrogen-bond acceptors (Lipinski definition) is 9. The Bertz CT molecular complexity index is 1390. The van der Waals surface area contributed by atoms with Crippen molar-refractivity contribution in [1.29, 1.82) is 0 Å². The van der Waals surface area contributed by atoms with Gasteiger partial charge in [0.1, 0.15) is 15.8 Å². The van der Waals surface area contributed by atoms with Gasteiger partial charge in [0.25, 0.3) is 11.5 Å². The summed E-state index contributed by atoms with van der Waals surface area (Å²) in [7, 11) is 4.76. The first-order valence-corrected chi connectivity index (χ1v) is 12.4. The summed E-state index contributed by atoms with van der Waals surface area (Å²) < 4.78 is 17.6. The number of anilines is 1. The molecular weight excluding hydrogens is 500 g/mol. The Hall–Kier alpha value is -3.41. The van der Waals surface area contributed by atoms with Crippen molar-refractivity contribution in [2.45, 2.75) is 6.42 Å². The first-order valence-electron chi connectivity index (χ1n) is 11.2. The van der Waals surface area contributed by atoms with Crippen LogP contribution in [0.2, 0.25) is 0 Å². The van der Waals surface area contributed by atoms with E-state index in [1.54, 1.807) is 50.6 Å². The lowest BCUT2D eigenvalue weighted by Crippen LogP contribution is -2.30. The molecule has 0 aliphatic carbocycles. The second kappa shape index (κ2) is 11.5. The van der Waals surface area contributed by atoms with Gasteiger partial charge in [-0.05, 0) is 42.3 Å². The summed E-state index contributed by atoms with van der Waals surface area (Å²) in [5, 5.41) is 3.14. The smallest absolute Gasteiger partial charge is 0.267 e. The predicted octanol–water partition coefficient (Wildman–Crippen LogP) is 3.21. The molecule has 188 valence electrons. The number of carbonyl (C=O) groups is 1. The molecule has 1 fully saturated rings. The van der Waals surface area contributed by atoms with Crippen LogP contribution in [-0.4, -0.2) is 65.5 Å². The zero-order valence-electron chi connectivity index (χ0n) is 20.1. The summed E-state index contributed by atoms with van der Waals surface area (Å²) in [5.74, 6) is 1.41. The number of rotatable bonds is 10. The highest BCUT2D eigenvalue weighted by atomic mass is 32.2. The monoisotopic (exact) mass is 526 g/mol. The molecule has 2 aromatic heterocycles. The van der Waals surface area contributed by atoms with Gasteiger partial charge in [-0.2, -0.15) is 0 Å². The van der Waals surface area contributed by atoms with Crippen LogP contribution in [0.3, 0.4) is 0 Å². The fourth-order valence-corrected chi connectivity index (χ4v) is 5.03. The largest absolute Gasteiger partial charge is 0.493 e. The molecule has 1 aliphatic rings. The normalized spacial score (nSPS) is 14.6. The number of nitrogens with one attached hydrogen (secondary N) is 1. The van der Waals surface area contributed by atoms with E-state index < -0.39 is 0 Å². The van der Waals surface area contributed by atoms with Gasteiger partial charge < -0.3 is 19.5 Å². The third kappa shape index (κ3) is 5.38. The summed E-state index contributed by atoms with van der Waals surface area (Å²) >= 11 is 6.67. The highest BCUT2D eigenvalue weighted by molar-refractivity contribution is 8.26. The maximum absolute atomic E-state index is 13.3. The van der Waals surface area contributed by atoms with Gasteiger partial charge in [0.15, 0.2) is 11.5 Å². The molecule has 0 atom stereocenters. The number of aromatic nitrogens is 2. The van der Waals surface area contributed by atoms with E-state index in [9.17, 15) is 9.59 Å². The van der Waals surface area contributed by atoms with Crippen LogP contribution in [0, 0.1) is 0 Å². The van der Waals surface area contributed by atoms with Gasteiger partial charge in [0.2, 0.25) is 0 Å². The minimum Gasteiger partial charge on any atom is -0.493 e. The van der Waals surface area contributed by atoms with Crippen LogP contribution < -0.4 is 20.3 Å². The molecule has 1 amide bonds. The number of amides is 1. The minimum absolute atomic E-state index is 0.245. The van der Waals surface area contributed by atoms with E-state index in [0.717, 1.165) is 5.56 Å². The van der Waals surface area contributed by atoms with Crippen molar-refractivity contribution >= 4 is 51.7 Å². The minimum atomic E-state index is -0.281. The number of hydrogen-bond donors (Lipinski definition) is 1. The van der Waals surface area contributed by atoms with E-state index >= 15 is 0 Å². The third-order valence-electron chi connectivity index (χ3n) is 5.59. The third-order valence-corrected chi connectivity index (χ3v) is 6.97. The summed E-state index contributed by atoms with van der Waals surface area (Å²) in [6.07, 6.45) is 3.79. The van der Waals surface area contributed by atoms with Gasteiger partial charge in [-0.25, -0.2) is 4.98 Å². The SMILES string of the molecule is COCCNc1nc2ccccn2c(=O)c1/C=C1/SC(=S)N(CCc2ccc(OC)c(OC)c2)C1=O. The van der Waals surface area contributed by atoms with Crippen molar-refractivity contribution in [2.75, 3.05) is 46.3 Å². The Morgan fingerprint density at radius 1 is 1.11 bits per heavy atom. The lowest BCUT2D eigenvalue weighted by atomic mass is 10.1. The van der Waals surface area contributed by atoms with E-state index in [4.69, 9.17) is 26.4 Å². The summed E-state index contributed by atoms with van der Waals surface area (Å²) in [6, 6.07) is 11.0. The van der Waals surface area contributed by atoms with Crippen LogP contribution in [-0.2, 0) is 16.0 Å². The molecule has 1 saturated heterocycles. The number of ether oxygens (including phenoxy) is 3. The zero-order chi connectivity index (χ0) is 25.7. The number of nitrogens with zero attached hydrogens (tertiary/aromatic N) is 3. The number of benzene rings is 1. The highest BCUT2D eigenvalue weighted by Crippen LogP contribution is 2.34.